The Morgan fingerprint density at radius 1 is 1.33 bits per heavy atom. The van der Waals surface area contributed by atoms with Crippen molar-refractivity contribution in [3.8, 4) is 5.75 Å². The summed E-state index contributed by atoms with van der Waals surface area (Å²) in [6.45, 7) is 4.00. The van der Waals surface area contributed by atoms with Crippen molar-refractivity contribution in [1.29, 1.82) is 0 Å². The molecule has 0 aliphatic rings. The van der Waals surface area contributed by atoms with Gasteiger partial charge in [-0.05, 0) is 12.1 Å². The molecule has 0 atom stereocenters. The van der Waals surface area contributed by atoms with Gasteiger partial charge in [0.25, 0.3) is 0 Å². The van der Waals surface area contributed by atoms with E-state index in [1.54, 1.807) is 0 Å². The van der Waals surface area contributed by atoms with E-state index in [1.807, 2.05) is 13.8 Å². The highest BCUT2D eigenvalue weighted by atomic mass is 16.3. The molecule has 0 heterocycles. The van der Waals surface area contributed by atoms with Crippen molar-refractivity contribution in [3.05, 3.63) is 30.3 Å². The van der Waals surface area contributed by atoms with E-state index in [1.165, 1.54) is 24.3 Å². The molecule has 1 nitrogen and oxygen atoms in total. The molecule has 0 aromatic heterocycles. The molecule has 0 amide bonds. The first-order valence-corrected chi connectivity index (χ1v) is 3.04. The molecule has 0 fully saturated rings. The van der Waals surface area contributed by atoms with E-state index < -0.39 is 0 Å². The van der Waals surface area contributed by atoms with Crippen LogP contribution in [0.1, 0.15) is 15.2 Å². The molecule has 9 heavy (non-hydrogen) atoms. The van der Waals surface area contributed by atoms with Crippen LogP contribution in [0.4, 0.5) is 0 Å². The van der Waals surface area contributed by atoms with Gasteiger partial charge in [-0.15, -0.1) is 0 Å². The summed E-state index contributed by atoms with van der Waals surface area (Å²) in [4.78, 5) is 0. The highest BCUT2D eigenvalue weighted by Crippen LogP contribution is 2.02. The second-order valence-corrected chi connectivity index (χ2v) is 1.26. The Balaban J connectivity index is 0.000000371. The van der Waals surface area contributed by atoms with Crippen LogP contribution in [0, 0.1) is 0 Å². The van der Waals surface area contributed by atoms with Gasteiger partial charge in [-0.3, -0.25) is 0 Å². The van der Waals surface area contributed by atoms with Gasteiger partial charge in [-0.1, -0.05) is 32.0 Å². The Morgan fingerprint density at radius 3 is 2.11 bits per heavy atom. The Labute approximate surface area is 57.4 Å². The zero-order valence-corrected chi connectivity index (χ0v) is 5.76. The van der Waals surface area contributed by atoms with Crippen LogP contribution in [0.5, 0.6) is 5.75 Å². The van der Waals surface area contributed by atoms with Gasteiger partial charge in [0.2, 0.25) is 0 Å². The van der Waals surface area contributed by atoms with Gasteiger partial charge in [0.15, 0.2) is 0 Å². The lowest BCUT2D eigenvalue weighted by Crippen LogP contribution is -1.56. The SMILES string of the molecule is CC.[3H]c1ccc(O)cc1. The van der Waals surface area contributed by atoms with Crippen LogP contribution in [0.25, 0.3) is 0 Å². The third-order valence-corrected chi connectivity index (χ3v) is 0.701. The van der Waals surface area contributed by atoms with Crippen molar-refractivity contribution in [3.63, 3.8) is 0 Å². The number of phenolic OH excluding ortho intramolecular Hbond substituents is 1. The summed E-state index contributed by atoms with van der Waals surface area (Å²) in [5, 5.41) is 8.67. The van der Waals surface area contributed by atoms with Crippen LogP contribution >= 0.6 is 0 Å². The number of benzene rings is 1. The lowest BCUT2D eigenvalue weighted by Gasteiger charge is -1.82. The molecule has 0 bridgehead atoms. The fourth-order valence-electron chi connectivity index (χ4n) is 0.378. The van der Waals surface area contributed by atoms with Crippen molar-refractivity contribution in [1.82, 2.24) is 0 Å². The number of rotatable bonds is 0. The van der Waals surface area contributed by atoms with E-state index in [4.69, 9.17) is 6.48 Å². The van der Waals surface area contributed by atoms with Crippen molar-refractivity contribution >= 4 is 0 Å². The summed E-state index contributed by atoms with van der Waals surface area (Å²) in [5.74, 6) is 0.209. The minimum atomic E-state index is 0.209. The first-order chi connectivity index (χ1) is 4.79. The smallest absolute Gasteiger partial charge is 0.115 e. The largest absolute Gasteiger partial charge is 0.508 e. The molecule has 0 aliphatic carbocycles. The van der Waals surface area contributed by atoms with Gasteiger partial charge >= 0.3 is 0 Å². The monoisotopic (exact) mass is 126 g/mol. The number of aromatic hydroxyl groups is 1. The second-order valence-electron chi connectivity index (χ2n) is 1.26. The summed E-state index contributed by atoms with van der Waals surface area (Å²) in [7, 11) is 0. The van der Waals surface area contributed by atoms with Gasteiger partial charge in [-0.25, -0.2) is 0 Å². The quantitative estimate of drug-likeness (QED) is 0.566. The second kappa shape index (κ2) is 5.16. The molecule has 50 valence electrons. The van der Waals surface area contributed by atoms with E-state index in [2.05, 4.69) is 0 Å². The predicted molar refractivity (Wildman–Crippen MR) is 39.5 cm³/mol. The van der Waals surface area contributed by atoms with Gasteiger partial charge in [0.05, 0.1) is 1.37 Å². The molecule has 0 saturated heterocycles. The van der Waals surface area contributed by atoms with Gasteiger partial charge in [0, 0.05) is 0 Å². The molecule has 1 N–H and O–H groups in total. The van der Waals surface area contributed by atoms with Crippen molar-refractivity contribution < 1.29 is 6.48 Å². The van der Waals surface area contributed by atoms with Gasteiger partial charge in [-0.2, -0.15) is 0 Å². The first-order valence-electron chi connectivity index (χ1n) is 3.54. The van der Waals surface area contributed by atoms with E-state index >= 15 is 0 Å². The highest BCUT2D eigenvalue weighted by Gasteiger charge is 1.74. The van der Waals surface area contributed by atoms with Crippen LogP contribution in [0.15, 0.2) is 30.3 Å². The molecule has 0 saturated carbocycles. The average Bonchev–Trinajstić information content (AvgIpc) is 2.00. The molecule has 0 aliphatic heterocycles. The van der Waals surface area contributed by atoms with Crippen molar-refractivity contribution in [2.75, 3.05) is 0 Å². The van der Waals surface area contributed by atoms with Gasteiger partial charge in [0.1, 0.15) is 5.75 Å². The maximum absolute atomic E-state index is 8.67. The zero-order chi connectivity index (χ0) is 7.98. The predicted octanol–water partition coefficient (Wildman–Crippen LogP) is 2.42. The van der Waals surface area contributed by atoms with Gasteiger partial charge < -0.3 is 5.11 Å². The molecule has 1 heteroatoms. The average molecular weight is 126 g/mol. The molecule has 0 unspecified atom stereocenters. The molecule has 0 spiro atoms. The van der Waals surface area contributed by atoms with Crippen molar-refractivity contribution in [2.45, 2.75) is 13.8 Å². The number of hydrogen-bond donors (Lipinski definition) is 1. The standard InChI is InChI=1S/C6H6O.C2H6/c7-6-4-2-1-3-5-6;1-2/h1-5,7H;1-2H3/i1T;. The Morgan fingerprint density at radius 2 is 1.78 bits per heavy atom. The van der Waals surface area contributed by atoms with Crippen LogP contribution in [0.2, 0.25) is 0 Å². The Kier molecular flexibility index (Phi) is 3.52. The van der Waals surface area contributed by atoms with E-state index in [9.17, 15) is 0 Å². The molecule has 0 radical (unpaired) electrons. The molecular weight excluding hydrogens is 112 g/mol. The normalized spacial score (nSPS) is 8.89. The summed E-state index contributed by atoms with van der Waals surface area (Å²) < 4.78 is 6.98. The van der Waals surface area contributed by atoms with Crippen molar-refractivity contribution in [2.24, 2.45) is 0 Å². The molecule has 1 rings (SSSR count). The van der Waals surface area contributed by atoms with Crippen LogP contribution in [-0.4, -0.2) is 5.11 Å². The third-order valence-electron chi connectivity index (χ3n) is 0.701. The zero-order valence-electron chi connectivity index (χ0n) is 6.76. The summed E-state index contributed by atoms with van der Waals surface area (Å²) in [5.41, 5.74) is 0. The molecule has 1 aromatic rings. The van der Waals surface area contributed by atoms with E-state index in [0.717, 1.165) is 0 Å². The Hall–Kier alpha value is -0.980. The van der Waals surface area contributed by atoms with E-state index in [0.29, 0.717) is 6.04 Å². The summed E-state index contributed by atoms with van der Waals surface area (Å²) >= 11 is 0. The topological polar surface area (TPSA) is 20.2 Å². The fourth-order valence-corrected chi connectivity index (χ4v) is 0.378. The fraction of sp³-hybridized carbons (Fsp3) is 0.250. The number of para-hydroxylation sites is 1. The maximum Gasteiger partial charge on any atom is 0.115 e. The van der Waals surface area contributed by atoms with Crippen LogP contribution in [0.3, 0.4) is 0 Å². The minimum absolute atomic E-state index is 0.209. The summed E-state index contributed by atoms with van der Waals surface area (Å²) in [6, 6.07) is 6.47. The first kappa shape index (κ1) is 6.14. The van der Waals surface area contributed by atoms with E-state index in [-0.39, 0.29) is 5.75 Å². The van der Waals surface area contributed by atoms with Crippen LogP contribution < -0.4 is 0 Å². The highest BCUT2D eigenvalue weighted by molar-refractivity contribution is 5.18. The third kappa shape index (κ3) is 3.59. The lowest BCUT2D eigenvalue weighted by atomic mass is 10.3. The minimum Gasteiger partial charge on any atom is -0.508 e. The lowest BCUT2D eigenvalue weighted by molar-refractivity contribution is 0.475. The molecular formula is C8H12O. The molecule has 1 aromatic carbocycles. The Bertz CT molecular complexity index is 148. The number of phenols is 1. The maximum atomic E-state index is 8.67. The number of hydrogen-bond acceptors (Lipinski definition) is 1. The van der Waals surface area contributed by atoms with Crippen LogP contribution in [-0.2, 0) is 0 Å². The summed E-state index contributed by atoms with van der Waals surface area (Å²) in [6.07, 6.45) is 0.